The van der Waals surface area contributed by atoms with Gasteiger partial charge in [-0.15, -0.1) is 5.10 Å². The van der Waals surface area contributed by atoms with Crippen LogP contribution in [0.25, 0.3) is 17.2 Å². The summed E-state index contributed by atoms with van der Waals surface area (Å²) in [6.07, 6.45) is -3.00. The van der Waals surface area contributed by atoms with Gasteiger partial charge in [-0.3, -0.25) is 0 Å². The lowest BCUT2D eigenvalue weighted by atomic mass is 10.2. The minimum atomic E-state index is -4.90. The summed E-state index contributed by atoms with van der Waals surface area (Å²) in [4.78, 5) is 7.07. The van der Waals surface area contributed by atoms with Crippen LogP contribution in [0.15, 0.2) is 35.4 Å². The molecule has 0 aliphatic rings. The summed E-state index contributed by atoms with van der Waals surface area (Å²) < 4.78 is 76.9. The Hall–Kier alpha value is -2.24. The fourth-order valence-corrected chi connectivity index (χ4v) is 3.20. The summed E-state index contributed by atoms with van der Waals surface area (Å²) in [6.45, 7) is 0. The van der Waals surface area contributed by atoms with Gasteiger partial charge in [0.1, 0.15) is 5.82 Å². The third-order valence-corrected chi connectivity index (χ3v) is 5.18. The Labute approximate surface area is 165 Å². The highest BCUT2D eigenvalue weighted by Gasteiger charge is 2.38. The number of rotatable bonds is 3. The van der Waals surface area contributed by atoms with Gasteiger partial charge in [-0.2, -0.15) is 17.9 Å². The third kappa shape index (κ3) is 3.96. The third-order valence-electron chi connectivity index (χ3n) is 3.48. The summed E-state index contributed by atoms with van der Waals surface area (Å²) >= 11 is 11.6. The van der Waals surface area contributed by atoms with Gasteiger partial charge in [0.15, 0.2) is 21.5 Å². The number of aromatic nitrogens is 4. The van der Waals surface area contributed by atoms with E-state index in [1.807, 2.05) is 0 Å². The van der Waals surface area contributed by atoms with Crippen molar-refractivity contribution in [3.05, 3.63) is 52.1 Å². The van der Waals surface area contributed by atoms with E-state index in [-0.39, 0.29) is 26.3 Å². The molecule has 0 saturated heterocycles. The lowest BCUT2D eigenvalue weighted by Gasteiger charge is -2.08. The quantitative estimate of drug-likeness (QED) is 0.437. The lowest BCUT2D eigenvalue weighted by Crippen LogP contribution is -2.09. The van der Waals surface area contributed by atoms with E-state index in [0.29, 0.717) is 4.68 Å². The van der Waals surface area contributed by atoms with Crippen molar-refractivity contribution in [3.63, 3.8) is 0 Å². The van der Waals surface area contributed by atoms with Crippen molar-refractivity contribution in [2.75, 3.05) is 6.26 Å². The first-order chi connectivity index (χ1) is 12.9. The van der Waals surface area contributed by atoms with Crippen LogP contribution in [0.5, 0.6) is 0 Å². The Kier molecular flexibility index (Phi) is 5.11. The van der Waals surface area contributed by atoms with Crippen molar-refractivity contribution in [2.24, 2.45) is 0 Å². The highest BCUT2D eigenvalue weighted by Crippen LogP contribution is 2.35. The molecule has 0 saturated carbocycles. The fourth-order valence-electron chi connectivity index (χ4n) is 2.18. The van der Waals surface area contributed by atoms with Gasteiger partial charge in [0.25, 0.3) is 5.82 Å². The largest absolute Gasteiger partial charge is 0.453 e. The molecule has 0 bridgehead atoms. The first-order valence-electron chi connectivity index (χ1n) is 7.23. The summed E-state index contributed by atoms with van der Waals surface area (Å²) in [5, 5.41) is 2.88. The van der Waals surface area contributed by atoms with Crippen molar-refractivity contribution in [1.82, 2.24) is 19.7 Å². The monoisotopic (exact) mass is 454 g/mol. The number of sulfone groups is 1. The van der Waals surface area contributed by atoms with E-state index in [9.17, 15) is 26.0 Å². The molecule has 0 aliphatic heterocycles. The minimum absolute atomic E-state index is 0.149. The first-order valence-corrected chi connectivity index (χ1v) is 9.88. The van der Waals surface area contributed by atoms with Crippen LogP contribution < -0.4 is 0 Å². The summed E-state index contributed by atoms with van der Waals surface area (Å²) in [5.41, 5.74) is -0.208. The van der Waals surface area contributed by atoms with Crippen LogP contribution in [0.3, 0.4) is 0 Å². The maximum Gasteiger partial charge on any atom is 0.453 e. The molecular weight excluding hydrogens is 447 g/mol. The number of benzene rings is 1. The predicted molar refractivity (Wildman–Crippen MR) is 92.7 cm³/mol. The molecular formula is C15H8Cl2F4N4O2S. The zero-order chi connectivity index (χ0) is 20.9. The normalized spacial score (nSPS) is 12.4. The van der Waals surface area contributed by atoms with Crippen LogP contribution in [-0.2, 0) is 16.0 Å². The molecule has 1 aromatic carbocycles. The van der Waals surface area contributed by atoms with Gasteiger partial charge in [0, 0.05) is 18.0 Å². The molecule has 0 spiro atoms. The number of hydrogen-bond donors (Lipinski definition) is 0. The highest BCUT2D eigenvalue weighted by atomic mass is 35.5. The topological polar surface area (TPSA) is 77.7 Å². The average molecular weight is 455 g/mol. The zero-order valence-electron chi connectivity index (χ0n) is 13.7. The SMILES string of the molecule is CS(=O)(=O)c1ccc(-n2nc(C(F)(F)F)nc2-c2cc(F)c(Cl)cc2Cl)nc1. The number of pyridine rings is 1. The van der Waals surface area contributed by atoms with Crippen LogP contribution in [0.1, 0.15) is 5.82 Å². The van der Waals surface area contributed by atoms with Gasteiger partial charge < -0.3 is 0 Å². The van der Waals surface area contributed by atoms with Crippen LogP contribution in [0.2, 0.25) is 10.0 Å². The van der Waals surface area contributed by atoms with E-state index in [1.165, 1.54) is 0 Å². The van der Waals surface area contributed by atoms with E-state index in [0.717, 1.165) is 36.7 Å². The molecule has 0 amide bonds. The number of nitrogens with zero attached hydrogens (tertiary/aromatic N) is 4. The van der Waals surface area contributed by atoms with Gasteiger partial charge in [-0.05, 0) is 24.3 Å². The van der Waals surface area contributed by atoms with E-state index in [2.05, 4.69) is 15.1 Å². The molecule has 148 valence electrons. The molecule has 0 fully saturated rings. The zero-order valence-corrected chi connectivity index (χ0v) is 16.0. The molecule has 2 heterocycles. The Morgan fingerprint density at radius 2 is 1.79 bits per heavy atom. The van der Waals surface area contributed by atoms with E-state index >= 15 is 0 Å². The van der Waals surface area contributed by atoms with Gasteiger partial charge >= 0.3 is 6.18 Å². The molecule has 0 atom stereocenters. The van der Waals surface area contributed by atoms with Crippen molar-refractivity contribution in [3.8, 4) is 17.2 Å². The summed E-state index contributed by atoms with van der Waals surface area (Å²) in [5.74, 6) is -3.07. The Morgan fingerprint density at radius 3 is 2.32 bits per heavy atom. The maximum absolute atomic E-state index is 13.9. The first kappa shape index (κ1) is 20.5. The Morgan fingerprint density at radius 1 is 1.11 bits per heavy atom. The maximum atomic E-state index is 13.9. The smallest absolute Gasteiger partial charge is 0.236 e. The molecule has 6 nitrogen and oxygen atoms in total. The molecule has 0 aliphatic carbocycles. The molecule has 2 aromatic heterocycles. The second-order valence-electron chi connectivity index (χ2n) is 5.54. The number of halogens is 6. The van der Waals surface area contributed by atoms with Crippen molar-refractivity contribution in [2.45, 2.75) is 11.1 Å². The van der Waals surface area contributed by atoms with E-state index in [1.54, 1.807) is 0 Å². The van der Waals surface area contributed by atoms with Crippen molar-refractivity contribution < 1.29 is 26.0 Å². The molecule has 3 aromatic rings. The molecule has 28 heavy (non-hydrogen) atoms. The summed E-state index contributed by atoms with van der Waals surface area (Å²) in [6, 6.07) is 4.10. The van der Waals surface area contributed by atoms with Crippen LogP contribution >= 0.6 is 23.2 Å². The number of alkyl halides is 3. The van der Waals surface area contributed by atoms with Crippen molar-refractivity contribution in [1.29, 1.82) is 0 Å². The molecule has 0 unspecified atom stereocenters. The second kappa shape index (κ2) is 6.98. The number of hydrogen-bond acceptors (Lipinski definition) is 5. The Bertz CT molecular complexity index is 1160. The summed E-state index contributed by atoms with van der Waals surface area (Å²) in [7, 11) is -3.57. The fraction of sp³-hybridized carbons (Fsp3) is 0.133. The van der Waals surface area contributed by atoms with Gasteiger partial charge in [-0.1, -0.05) is 23.2 Å². The molecule has 3 rings (SSSR count). The van der Waals surface area contributed by atoms with Crippen LogP contribution in [0, 0.1) is 5.82 Å². The minimum Gasteiger partial charge on any atom is -0.236 e. The second-order valence-corrected chi connectivity index (χ2v) is 8.37. The van der Waals surface area contributed by atoms with E-state index in [4.69, 9.17) is 23.2 Å². The Balaban J connectivity index is 2.24. The molecule has 13 heteroatoms. The van der Waals surface area contributed by atoms with Gasteiger partial charge in [-0.25, -0.2) is 22.8 Å². The standard InChI is InChI=1S/C15H8Cl2F4N4O2S/c1-28(26,27)7-2-3-12(22-6-7)25-13(23-14(24-25)15(19,20)21)8-4-11(18)10(17)5-9(8)16/h2-6H,1H3. The van der Waals surface area contributed by atoms with Gasteiger partial charge in [0.05, 0.1) is 14.9 Å². The lowest BCUT2D eigenvalue weighted by molar-refractivity contribution is -0.144. The molecule has 0 radical (unpaired) electrons. The van der Waals surface area contributed by atoms with Crippen molar-refractivity contribution >= 4 is 33.0 Å². The predicted octanol–water partition coefficient (Wildman–Crippen LogP) is 4.20. The van der Waals surface area contributed by atoms with Crippen LogP contribution in [-0.4, -0.2) is 34.4 Å². The highest BCUT2D eigenvalue weighted by molar-refractivity contribution is 7.90. The average Bonchev–Trinajstić information content (AvgIpc) is 3.03. The van der Waals surface area contributed by atoms with Gasteiger partial charge in [0.2, 0.25) is 0 Å². The molecule has 0 N–H and O–H groups in total. The van der Waals surface area contributed by atoms with E-state index < -0.39 is 33.5 Å². The van der Waals surface area contributed by atoms with Crippen LogP contribution in [0.4, 0.5) is 17.6 Å².